The SMILES string of the molecule is CN(C(=O)Oc1ccc(C#N)cc1F)[C@@H]1CN(C(=O)C2CCN(c3ccc(N)cn3)CC2)C[C@H]1c1ccc(Cl)cc1. The van der Waals surface area contributed by atoms with Gasteiger partial charge in [0.15, 0.2) is 11.6 Å². The predicted molar refractivity (Wildman–Crippen MR) is 153 cm³/mol. The first-order chi connectivity index (χ1) is 19.7. The maximum Gasteiger partial charge on any atom is 0.415 e. The topological polar surface area (TPSA) is 116 Å². The van der Waals surface area contributed by atoms with Crippen molar-refractivity contribution in [2.45, 2.75) is 24.8 Å². The molecule has 2 aromatic carbocycles. The molecular formula is C30H30ClFN6O3. The molecular weight excluding hydrogens is 547 g/mol. The highest BCUT2D eigenvalue weighted by Crippen LogP contribution is 2.34. The molecule has 0 unspecified atom stereocenters. The number of benzene rings is 2. The second kappa shape index (κ2) is 12.0. The Morgan fingerprint density at radius 1 is 1.12 bits per heavy atom. The van der Waals surface area contributed by atoms with Gasteiger partial charge in [-0.2, -0.15) is 5.26 Å². The minimum absolute atomic E-state index is 0.0521. The molecule has 2 N–H and O–H groups in total. The Labute approximate surface area is 242 Å². The fourth-order valence-electron chi connectivity index (χ4n) is 5.55. The first-order valence-electron chi connectivity index (χ1n) is 13.4. The molecule has 0 saturated carbocycles. The van der Waals surface area contributed by atoms with E-state index in [4.69, 9.17) is 27.3 Å². The summed E-state index contributed by atoms with van der Waals surface area (Å²) in [6.45, 7) is 2.14. The Hall–Kier alpha value is -4.36. The number of nitrogens with two attached hydrogens (primary N) is 1. The third-order valence-corrected chi connectivity index (χ3v) is 8.13. The van der Waals surface area contributed by atoms with Crippen LogP contribution >= 0.6 is 11.6 Å². The fourth-order valence-corrected chi connectivity index (χ4v) is 5.68. The smallest absolute Gasteiger partial charge is 0.407 e. The van der Waals surface area contributed by atoms with Gasteiger partial charge in [-0.25, -0.2) is 14.2 Å². The number of likely N-dealkylation sites (tertiary alicyclic amines) is 1. The molecule has 0 spiro atoms. The predicted octanol–water partition coefficient (Wildman–Crippen LogP) is 4.67. The number of halogens is 2. The number of carbonyl (C=O) groups is 2. The highest BCUT2D eigenvalue weighted by Gasteiger charge is 2.42. The Morgan fingerprint density at radius 3 is 2.49 bits per heavy atom. The zero-order valence-electron chi connectivity index (χ0n) is 22.5. The van der Waals surface area contributed by atoms with Crippen LogP contribution in [0.25, 0.3) is 0 Å². The molecule has 2 atom stereocenters. The molecule has 0 aliphatic carbocycles. The Balaban J connectivity index is 1.29. The zero-order valence-corrected chi connectivity index (χ0v) is 23.3. The molecule has 11 heteroatoms. The van der Waals surface area contributed by atoms with Gasteiger partial charge in [0.1, 0.15) is 5.82 Å². The normalized spacial score (nSPS) is 19.1. The molecule has 212 valence electrons. The maximum absolute atomic E-state index is 14.4. The first-order valence-corrected chi connectivity index (χ1v) is 13.8. The van der Waals surface area contributed by atoms with Gasteiger partial charge in [0.2, 0.25) is 5.91 Å². The zero-order chi connectivity index (χ0) is 29.1. The van der Waals surface area contributed by atoms with Crippen molar-refractivity contribution in [1.29, 1.82) is 5.26 Å². The standard InChI is InChI=1S/C30H30ClFN6O3/c1-36(30(40)41-27-8-2-19(15-33)14-25(27)32)26-18-38(17-24(26)20-3-5-22(31)6-4-20)29(39)21-10-12-37(13-11-21)28-9-7-23(34)16-35-28/h2-9,14,16,21,24,26H,10-13,17-18,34H2,1H3/t24-,26+/m0/s1. The van der Waals surface area contributed by atoms with E-state index in [9.17, 15) is 14.0 Å². The number of amides is 2. The van der Waals surface area contributed by atoms with E-state index in [2.05, 4.69) is 9.88 Å². The van der Waals surface area contributed by atoms with E-state index in [-0.39, 0.29) is 29.1 Å². The van der Waals surface area contributed by atoms with Gasteiger partial charge >= 0.3 is 6.09 Å². The molecule has 9 nitrogen and oxygen atoms in total. The van der Waals surface area contributed by atoms with Crippen LogP contribution < -0.4 is 15.4 Å². The van der Waals surface area contributed by atoms with Gasteiger partial charge in [0.05, 0.1) is 29.6 Å². The van der Waals surface area contributed by atoms with E-state index in [1.54, 1.807) is 25.4 Å². The van der Waals surface area contributed by atoms with Crippen molar-refractivity contribution in [2.24, 2.45) is 5.92 Å². The molecule has 1 aromatic heterocycles. The Kier molecular flexibility index (Phi) is 8.26. The molecule has 41 heavy (non-hydrogen) atoms. The summed E-state index contributed by atoms with van der Waals surface area (Å²) in [5.41, 5.74) is 7.42. The first kappa shape index (κ1) is 28.2. The van der Waals surface area contributed by atoms with Crippen LogP contribution in [0.4, 0.5) is 20.7 Å². The minimum atomic E-state index is -0.802. The van der Waals surface area contributed by atoms with E-state index >= 15 is 0 Å². The van der Waals surface area contributed by atoms with Crippen LogP contribution in [-0.2, 0) is 4.79 Å². The molecule has 0 radical (unpaired) electrons. The summed E-state index contributed by atoms with van der Waals surface area (Å²) < 4.78 is 19.8. The minimum Gasteiger partial charge on any atom is -0.407 e. The number of nitrogens with zero attached hydrogens (tertiary/aromatic N) is 5. The summed E-state index contributed by atoms with van der Waals surface area (Å²) in [5.74, 6) is -0.515. The fraction of sp³-hybridized carbons (Fsp3) is 0.333. The van der Waals surface area contributed by atoms with Crippen LogP contribution in [0.2, 0.25) is 5.02 Å². The quantitative estimate of drug-likeness (QED) is 0.469. The van der Waals surface area contributed by atoms with Gasteiger partial charge in [0.25, 0.3) is 0 Å². The number of pyridine rings is 1. The molecule has 2 aliphatic rings. The van der Waals surface area contributed by atoms with Gasteiger partial charge in [-0.15, -0.1) is 0 Å². The number of hydrogen-bond acceptors (Lipinski definition) is 7. The lowest BCUT2D eigenvalue weighted by atomic mass is 9.93. The molecule has 3 aromatic rings. The van der Waals surface area contributed by atoms with Gasteiger partial charge in [-0.05, 0) is 60.9 Å². The third-order valence-electron chi connectivity index (χ3n) is 7.88. The van der Waals surface area contributed by atoms with Crippen molar-refractivity contribution in [3.8, 4) is 11.8 Å². The molecule has 5 rings (SSSR count). The van der Waals surface area contributed by atoms with Crippen molar-refractivity contribution in [3.05, 3.63) is 82.8 Å². The number of aromatic nitrogens is 1. The lowest BCUT2D eigenvalue weighted by Gasteiger charge is -2.34. The van der Waals surface area contributed by atoms with E-state index in [0.717, 1.165) is 17.4 Å². The van der Waals surface area contributed by atoms with Crippen molar-refractivity contribution < 1.29 is 18.7 Å². The molecule has 0 bridgehead atoms. The van der Waals surface area contributed by atoms with Gasteiger partial charge < -0.3 is 25.2 Å². The lowest BCUT2D eigenvalue weighted by molar-refractivity contribution is -0.135. The molecule has 2 saturated heterocycles. The average molecular weight is 577 g/mol. The highest BCUT2D eigenvalue weighted by molar-refractivity contribution is 6.30. The van der Waals surface area contributed by atoms with Crippen LogP contribution in [0.5, 0.6) is 5.75 Å². The number of nitriles is 1. The number of likely N-dealkylation sites (N-methyl/N-ethyl adjacent to an activating group) is 1. The van der Waals surface area contributed by atoms with Crippen molar-refractivity contribution in [3.63, 3.8) is 0 Å². The number of hydrogen-bond donors (Lipinski definition) is 1. The van der Waals surface area contributed by atoms with Gasteiger partial charge in [0, 0.05) is 50.1 Å². The lowest BCUT2D eigenvalue weighted by Crippen LogP contribution is -2.45. The number of anilines is 2. The number of nitrogen functional groups attached to an aromatic ring is 1. The van der Waals surface area contributed by atoms with Gasteiger partial charge in [-0.3, -0.25) is 4.79 Å². The van der Waals surface area contributed by atoms with E-state index in [1.165, 1.54) is 17.0 Å². The number of rotatable bonds is 5. The molecule has 2 aliphatic heterocycles. The third kappa shape index (κ3) is 6.20. The van der Waals surface area contributed by atoms with Crippen LogP contribution in [-0.4, -0.2) is 66.1 Å². The van der Waals surface area contributed by atoms with Crippen LogP contribution in [0.15, 0.2) is 60.8 Å². The largest absolute Gasteiger partial charge is 0.415 e. The van der Waals surface area contributed by atoms with E-state index < -0.39 is 18.0 Å². The van der Waals surface area contributed by atoms with Gasteiger partial charge in [-0.1, -0.05) is 23.7 Å². The Morgan fingerprint density at radius 2 is 1.85 bits per heavy atom. The van der Waals surface area contributed by atoms with Crippen molar-refractivity contribution >= 4 is 35.1 Å². The van der Waals surface area contributed by atoms with E-state index in [1.807, 2.05) is 35.2 Å². The monoisotopic (exact) mass is 576 g/mol. The number of ether oxygens (including phenoxy) is 1. The summed E-state index contributed by atoms with van der Waals surface area (Å²) in [6.07, 6.45) is 2.25. The summed E-state index contributed by atoms with van der Waals surface area (Å²) >= 11 is 6.12. The van der Waals surface area contributed by atoms with Crippen molar-refractivity contribution in [2.75, 3.05) is 43.9 Å². The number of carbonyl (C=O) groups excluding carboxylic acids is 2. The van der Waals surface area contributed by atoms with Crippen molar-refractivity contribution in [1.82, 2.24) is 14.8 Å². The Bertz CT molecular complexity index is 1450. The summed E-state index contributed by atoms with van der Waals surface area (Å²) in [6, 6.07) is 16.2. The van der Waals surface area contributed by atoms with E-state index in [0.29, 0.717) is 49.7 Å². The summed E-state index contributed by atoms with van der Waals surface area (Å²) in [5, 5.41) is 9.56. The number of piperidine rings is 1. The van der Waals surface area contributed by atoms with Crippen LogP contribution in [0.1, 0.15) is 29.9 Å². The molecule has 3 heterocycles. The summed E-state index contributed by atoms with van der Waals surface area (Å²) in [4.78, 5) is 36.6. The molecule has 2 fully saturated rings. The summed E-state index contributed by atoms with van der Waals surface area (Å²) in [7, 11) is 1.59. The second-order valence-electron chi connectivity index (χ2n) is 10.4. The highest BCUT2D eigenvalue weighted by atomic mass is 35.5. The average Bonchev–Trinajstić information content (AvgIpc) is 3.43. The van der Waals surface area contributed by atoms with Crippen LogP contribution in [0, 0.1) is 23.1 Å². The second-order valence-corrected chi connectivity index (χ2v) is 10.9. The maximum atomic E-state index is 14.4. The van der Waals surface area contributed by atoms with Crippen LogP contribution in [0.3, 0.4) is 0 Å². The molecule has 2 amide bonds.